The summed E-state index contributed by atoms with van der Waals surface area (Å²) in [5.74, 6) is 0.541. The molecule has 1 nitrogen and oxygen atoms in total. The lowest BCUT2D eigenvalue weighted by Crippen LogP contribution is -2.08. The molecule has 0 amide bonds. The summed E-state index contributed by atoms with van der Waals surface area (Å²) in [5.41, 5.74) is 0.844. The van der Waals surface area contributed by atoms with Crippen molar-refractivity contribution in [1.82, 2.24) is 0 Å². The maximum absolute atomic E-state index is 13.4. The third-order valence-electron chi connectivity index (χ3n) is 3.03. The maximum Gasteiger partial charge on any atom is 0.141 e. The van der Waals surface area contributed by atoms with Crippen LogP contribution in [0.2, 0.25) is 0 Å². The lowest BCUT2D eigenvalue weighted by molar-refractivity contribution is 0.394. The zero-order valence-corrected chi connectivity index (χ0v) is 12.6. The molecule has 0 aliphatic heterocycles. The molecule has 0 saturated carbocycles. The molecule has 4 heteroatoms. The summed E-state index contributed by atoms with van der Waals surface area (Å²) in [6.07, 6.45) is 1.98. The molecule has 0 radical (unpaired) electrons. The zero-order chi connectivity index (χ0) is 13.0. The second-order valence-corrected chi connectivity index (χ2v) is 5.31. The molecule has 0 bridgehead atoms. The minimum atomic E-state index is -0.334. The van der Waals surface area contributed by atoms with E-state index in [9.17, 15) is 4.39 Å². The second kappa shape index (κ2) is 6.60. The van der Waals surface area contributed by atoms with E-state index in [2.05, 4.69) is 29.8 Å². The third kappa shape index (κ3) is 3.35. The van der Waals surface area contributed by atoms with Gasteiger partial charge in [-0.25, -0.2) is 4.39 Å². The summed E-state index contributed by atoms with van der Waals surface area (Å²) in [6, 6.07) is 3.08. The number of methoxy groups -OCH3 is 1. The van der Waals surface area contributed by atoms with E-state index in [1.807, 2.05) is 0 Å². The van der Waals surface area contributed by atoms with Crippen molar-refractivity contribution >= 4 is 27.5 Å². The smallest absolute Gasteiger partial charge is 0.141 e. The molecular formula is C13H17BrClFO. The highest BCUT2D eigenvalue weighted by Gasteiger charge is 2.22. The molecule has 0 aromatic heterocycles. The van der Waals surface area contributed by atoms with E-state index in [1.54, 1.807) is 6.07 Å². The third-order valence-corrected chi connectivity index (χ3v) is 4.23. The molecule has 0 aliphatic rings. The summed E-state index contributed by atoms with van der Waals surface area (Å²) in [4.78, 5) is 0. The molecule has 96 valence electrons. The van der Waals surface area contributed by atoms with Gasteiger partial charge in [0, 0.05) is 11.6 Å². The van der Waals surface area contributed by atoms with E-state index < -0.39 is 0 Å². The van der Waals surface area contributed by atoms with Crippen LogP contribution in [0.4, 0.5) is 4.39 Å². The molecule has 1 atom stereocenters. The van der Waals surface area contributed by atoms with Crippen LogP contribution in [0, 0.1) is 11.7 Å². The predicted octanol–water partition coefficient (Wildman–Crippen LogP) is 5.31. The Balaban J connectivity index is 3.15. The molecule has 0 N–H and O–H groups in total. The monoisotopic (exact) mass is 322 g/mol. The van der Waals surface area contributed by atoms with Gasteiger partial charge in [-0.1, -0.05) is 26.7 Å². The van der Waals surface area contributed by atoms with Gasteiger partial charge >= 0.3 is 0 Å². The number of ether oxygens (including phenoxy) is 1. The van der Waals surface area contributed by atoms with Gasteiger partial charge in [-0.2, -0.15) is 0 Å². The van der Waals surface area contributed by atoms with Gasteiger partial charge in [0.25, 0.3) is 0 Å². The molecular weight excluding hydrogens is 306 g/mol. The average Bonchev–Trinajstić information content (AvgIpc) is 2.33. The average molecular weight is 324 g/mol. The second-order valence-electron chi connectivity index (χ2n) is 3.99. The molecule has 17 heavy (non-hydrogen) atoms. The van der Waals surface area contributed by atoms with Crippen LogP contribution in [0.25, 0.3) is 0 Å². The van der Waals surface area contributed by atoms with E-state index in [-0.39, 0.29) is 11.2 Å². The van der Waals surface area contributed by atoms with Crippen LogP contribution in [0.1, 0.15) is 37.6 Å². The van der Waals surface area contributed by atoms with E-state index >= 15 is 0 Å². The Bertz CT molecular complexity index is 380. The van der Waals surface area contributed by atoms with Gasteiger partial charge in [-0.05, 0) is 27.9 Å². The lowest BCUT2D eigenvalue weighted by atomic mass is 9.93. The summed E-state index contributed by atoms with van der Waals surface area (Å²) in [5, 5.41) is -0.156. The Morgan fingerprint density at radius 3 is 2.41 bits per heavy atom. The molecule has 0 aliphatic carbocycles. The van der Waals surface area contributed by atoms with Crippen molar-refractivity contribution in [3.8, 4) is 5.75 Å². The number of hydrogen-bond donors (Lipinski definition) is 0. The van der Waals surface area contributed by atoms with E-state index in [0.717, 1.165) is 18.4 Å². The molecule has 1 unspecified atom stereocenters. The summed E-state index contributed by atoms with van der Waals surface area (Å²) in [7, 11) is 1.53. The summed E-state index contributed by atoms with van der Waals surface area (Å²) < 4.78 is 19.0. The van der Waals surface area contributed by atoms with Crippen molar-refractivity contribution in [2.45, 2.75) is 32.1 Å². The van der Waals surface area contributed by atoms with Crippen molar-refractivity contribution in [1.29, 1.82) is 0 Å². The Morgan fingerprint density at radius 1 is 1.35 bits per heavy atom. The first-order valence-electron chi connectivity index (χ1n) is 5.72. The van der Waals surface area contributed by atoms with E-state index in [4.69, 9.17) is 16.3 Å². The minimum Gasteiger partial charge on any atom is -0.496 e. The van der Waals surface area contributed by atoms with Crippen molar-refractivity contribution in [3.05, 3.63) is 28.0 Å². The van der Waals surface area contributed by atoms with Gasteiger partial charge in [-0.15, -0.1) is 11.6 Å². The highest BCUT2D eigenvalue weighted by Crippen LogP contribution is 2.40. The van der Waals surface area contributed by atoms with Crippen LogP contribution in [0.15, 0.2) is 16.6 Å². The van der Waals surface area contributed by atoms with Crippen LogP contribution in [-0.2, 0) is 0 Å². The first kappa shape index (κ1) is 14.8. The molecule has 1 aromatic rings. The standard InChI is InChI=1S/C13H17BrClFO/c1-4-8(5-2)13(15)9-6-10(14)11(16)7-12(9)17-3/h6-8,13H,4-5H2,1-3H3. The molecule has 0 spiro atoms. The Hall–Kier alpha value is -0.280. The van der Waals surface area contributed by atoms with Crippen LogP contribution in [0.3, 0.4) is 0 Å². The number of alkyl halides is 1. The van der Waals surface area contributed by atoms with Crippen molar-refractivity contribution < 1.29 is 9.13 Å². The zero-order valence-electron chi connectivity index (χ0n) is 10.3. The summed E-state index contributed by atoms with van der Waals surface area (Å²) >= 11 is 9.64. The normalized spacial score (nSPS) is 12.9. The van der Waals surface area contributed by atoms with Gasteiger partial charge < -0.3 is 4.74 Å². The fourth-order valence-electron chi connectivity index (χ4n) is 1.89. The highest BCUT2D eigenvalue weighted by atomic mass is 79.9. The van der Waals surface area contributed by atoms with Gasteiger partial charge in [-0.3, -0.25) is 0 Å². The Morgan fingerprint density at radius 2 is 1.94 bits per heavy atom. The van der Waals surface area contributed by atoms with Crippen LogP contribution in [-0.4, -0.2) is 7.11 Å². The quantitative estimate of drug-likeness (QED) is 0.667. The fraction of sp³-hybridized carbons (Fsp3) is 0.538. The van der Waals surface area contributed by atoms with Crippen molar-refractivity contribution in [3.63, 3.8) is 0 Å². The minimum absolute atomic E-state index is 0.156. The SMILES string of the molecule is CCC(CC)C(Cl)c1cc(Br)c(F)cc1OC. The fourth-order valence-corrected chi connectivity index (χ4v) is 2.78. The van der Waals surface area contributed by atoms with Gasteiger partial charge in [0.05, 0.1) is 17.0 Å². The van der Waals surface area contributed by atoms with Crippen LogP contribution >= 0.6 is 27.5 Å². The number of halogens is 3. The van der Waals surface area contributed by atoms with Crippen LogP contribution in [0.5, 0.6) is 5.75 Å². The predicted molar refractivity (Wildman–Crippen MR) is 73.3 cm³/mol. The van der Waals surface area contributed by atoms with Crippen molar-refractivity contribution in [2.75, 3.05) is 7.11 Å². The summed E-state index contributed by atoms with van der Waals surface area (Å²) in [6.45, 7) is 4.21. The molecule has 0 heterocycles. The molecule has 0 saturated heterocycles. The van der Waals surface area contributed by atoms with Crippen molar-refractivity contribution in [2.24, 2.45) is 5.92 Å². The first-order chi connectivity index (χ1) is 8.04. The molecule has 1 rings (SSSR count). The lowest BCUT2D eigenvalue weighted by Gasteiger charge is -2.22. The van der Waals surface area contributed by atoms with Gasteiger partial charge in [0.15, 0.2) is 0 Å². The molecule has 0 fully saturated rings. The largest absolute Gasteiger partial charge is 0.496 e. The van der Waals surface area contributed by atoms with Crippen LogP contribution < -0.4 is 4.74 Å². The number of rotatable bonds is 5. The number of benzene rings is 1. The van der Waals surface area contributed by atoms with E-state index in [0.29, 0.717) is 16.1 Å². The van der Waals surface area contributed by atoms with E-state index in [1.165, 1.54) is 13.2 Å². The Kier molecular flexibility index (Phi) is 5.74. The first-order valence-corrected chi connectivity index (χ1v) is 6.95. The highest BCUT2D eigenvalue weighted by molar-refractivity contribution is 9.10. The maximum atomic E-state index is 13.4. The van der Waals surface area contributed by atoms with Gasteiger partial charge in [0.2, 0.25) is 0 Å². The topological polar surface area (TPSA) is 9.23 Å². The van der Waals surface area contributed by atoms with Gasteiger partial charge in [0.1, 0.15) is 11.6 Å². The number of hydrogen-bond acceptors (Lipinski definition) is 1. The molecule has 1 aromatic carbocycles. The Labute approximate surface area is 115 Å².